The van der Waals surface area contributed by atoms with Crippen molar-refractivity contribution in [1.29, 1.82) is 0 Å². The van der Waals surface area contributed by atoms with Crippen molar-refractivity contribution in [2.45, 2.75) is 25.3 Å². The van der Waals surface area contributed by atoms with Gasteiger partial charge in [-0.3, -0.25) is 9.59 Å². The lowest BCUT2D eigenvalue weighted by Gasteiger charge is -2.11. The molecule has 2 heterocycles. The highest BCUT2D eigenvalue weighted by Crippen LogP contribution is 2.22. The molecule has 4 rings (SSSR count). The minimum absolute atomic E-state index is 0.00395. The van der Waals surface area contributed by atoms with E-state index in [-0.39, 0.29) is 22.8 Å². The molecule has 2 aromatic heterocycles. The average molecular weight is 437 g/mol. The summed E-state index contributed by atoms with van der Waals surface area (Å²) in [5, 5.41) is 13.4. The van der Waals surface area contributed by atoms with E-state index < -0.39 is 10.0 Å². The molecular weight excluding hydrogens is 418 g/mol. The van der Waals surface area contributed by atoms with Gasteiger partial charge in [-0.2, -0.15) is 0 Å². The van der Waals surface area contributed by atoms with Crippen molar-refractivity contribution in [3.63, 3.8) is 0 Å². The van der Waals surface area contributed by atoms with Crippen molar-refractivity contribution in [3.8, 4) is 5.69 Å². The molecule has 0 atom stereocenters. The summed E-state index contributed by atoms with van der Waals surface area (Å²) in [6.07, 6.45) is 0. The monoisotopic (exact) mass is 437 g/mol. The Bertz CT molecular complexity index is 1480. The van der Waals surface area contributed by atoms with Crippen molar-refractivity contribution < 1.29 is 13.2 Å². The fourth-order valence-electron chi connectivity index (χ4n) is 3.58. The van der Waals surface area contributed by atoms with Crippen LogP contribution in [0.2, 0.25) is 0 Å². The molecule has 2 N–H and O–H groups in total. The third-order valence-electron chi connectivity index (χ3n) is 5.08. The van der Waals surface area contributed by atoms with Gasteiger partial charge in [0, 0.05) is 22.6 Å². The SMILES string of the molecule is Cc1cc(C(=O)Cn2nnc3ccccc3c2=O)c(C)n1-c1ccc(S(N)(=O)=O)cc1. The second-order valence-electron chi connectivity index (χ2n) is 7.15. The van der Waals surface area contributed by atoms with Gasteiger partial charge in [0.25, 0.3) is 5.56 Å². The Hall–Kier alpha value is -3.63. The number of nitrogens with zero attached hydrogens (tertiary/aromatic N) is 4. The van der Waals surface area contributed by atoms with E-state index in [9.17, 15) is 18.0 Å². The molecular formula is C21H19N5O4S. The Morgan fingerprint density at radius 1 is 1.06 bits per heavy atom. The zero-order valence-corrected chi connectivity index (χ0v) is 17.6. The molecule has 0 unspecified atom stereocenters. The van der Waals surface area contributed by atoms with Crippen molar-refractivity contribution in [1.82, 2.24) is 19.6 Å². The van der Waals surface area contributed by atoms with Crippen LogP contribution in [-0.4, -0.2) is 33.8 Å². The van der Waals surface area contributed by atoms with E-state index in [1.807, 2.05) is 11.5 Å². The first kappa shape index (κ1) is 20.6. The van der Waals surface area contributed by atoms with E-state index in [0.29, 0.717) is 27.8 Å². The van der Waals surface area contributed by atoms with Crippen LogP contribution in [0.15, 0.2) is 64.3 Å². The van der Waals surface area contributed by atoms with Gasteiger partial charge < -0.3 is 4.57 Å². The molecule has 0 saturated heterocycles. The van der Waals surface area contributed by atoms with Crippen LogP contribution in [0.4, 0.5) is 0 Å². The first-order valence-electron chi connectivity index (χ1n) is 9.35. The fourth-order valence-corrected chi connectivity index (χ4v) is 4.09. The number of nitrogens with two attached hydrogens (primary N) is 1. The van der Waals surface area contributed by atoms with E-state index >= 15 is 0 Å². The smallest absolute Gasteiger partial charge is 0.278 e. The standard InChI is InChI=1S/C21H19N5O4S/c1-13-11-18(14(2)26(13)15-7-9-16(10-8-15)31(22,29)30)20(27)12-25-21(28)17-5-3-4-6-19(17)23-24-25/h3-11H,12H2,1-2H3,(H2,22,29,30). The topological polar surface area (TPSA) is 130 Å². The van der Waals surface area contributed by atoms with Crippen LogP contribution >= 0.6 is 0 Å². The Kier molecular flexibility index (Phi) is 5.03. The lowest BCUT2D eigenvalue weighted by molar-refractivity contribution is 0.0964. The van der Waals surface area contributed by atoms with Gasteiger partial charge in [-0.1, -0.05) is 17.3 Å². The summed E-state index contributed by atoms with van der Waals surface area (Å²) in [6.45, 7) is 3.37. The van der Waals surface area contributed by atoms with Gasteiger partial charge in [0.1, 0.15) is 12.1 Å². The van der Waals surface area contributed by atoms with Gasteiger partial charge in [-0.15, -0.1) is 5.10 Å². The summed E-state index contributed by atoms with van der Waals surface area (Å²) in [6, 6.07) is 14.6. The van der Waals surface area contributed by atoms with Crippen LogP contribution in [0, 0.1) is 13.8 Å². The highest BCUT2D eigenvalue weighted by Gasteiger charge is 2.19. The predicted octanol–water partition coefficient (Wildman–Crippen LogP) is 1.73. The normalized spacial score (nSPS) is 11.7. The van der Waals surface area contributed by atoms with Crippen molar-refractivity contribution in [3.05, 3.63) is 81.9 Å². The van der Waals surface area contributed by atoms with Gasteiger partial charge in [0.2, 0.25) is 10.0 Å². The highest BCUT2D eigenvalue weighted by molar-refractivity contribution is 7.89. The minimum Gasteiger partial charge on any atom is -0.318 e. The van der Waals surface area contributed by atoms with Gasteiger partial charge >= 0.3 is 0 Å². The Balaban J connectivity index is 1.68. The molecule has 0 saturated carbocycles. The molecule has 4 aromatic rings. The number of benzene rings is 2. The van der Waals surface area contributed by atoms with Gasteiger partial charge in [-0.05, 0) is 56.3 Å². The molecule has 158 valence electrons. The Labute approximate surface area is 177 Å². The lowest BCUT2D eigenvalue weighted by Crippen LogP contribution is -2.28. The fraction of sp³-hybridized carbons (Fsp3) is 0.143. The second-order valence-corrected chi connectivity index (χ2v) is 8.71. The number of hydrogen-bond donors (Lipinski definition) is 1. The van der Waals surface area contributed by atoms with E-state index in [1.54, 1.807) is 49.4 Å². The lowest BCUT2D eigenvalue weighted by atomic mass is 10.1. The zero-order valence-electron chi connectivity index (χ0n) is 16.8. The van der Waals surface area contributed by atoms with E-state index in [1.165, 1.54) is 12.1 Å². The predicted molar refractivity (Wildman–Crippen MR) is 115 cm³/mol. The quantitative estimate of drug-likeness (QED) is 0.473. The molecule has 31 heavy (non-hydrogen) atoms. The number of fused-ring (bicyclic) bond motifs is 1. The number of ketones is 1. The summed E-state index contributed by atoms with van der Waals surface area (Å²) in [5.41, 5.74) is 2.65. The third-order valence-corrected chi connectivity index (χ3v) is 6.01. The summed E-state index contributed by atoms with van der Waals surface area (Å²) < 4.78 is 25.8. The van der Waals surface area contributed by atoms with Crippen molar-refractivity contribution >= 4 is 26.7 Å². The van der Waals surface area contributed by atoms with Crippen LogP contribution in [0.25, 0.3) is 16.6 Å². The Morgan fingerprint density at radius 2 is 1.74 bits per heavy atom. The van der Waals surface area contributed by atoms with Crippen LogP contribution in [0.3, 0.4) is 0 Å². The number of rotatable bonds is 5. The molecule has 0 amide bonds. The third kappa shape index (κ3) is 3.78. The summed E-state index contributed by atoms with van der Waals surface area (Å²) in [5.74, 6) is -0.285. The second kappa shape index (κ2) is 7.56. The summed E-state index contributed by atoms with van der Waals surface area (Å²) in [4.78, 5) is 25.6. The average Bonchev–Trinajstić information content (AvgIpc) is 3.04. The maximum Gasteiger partial charge on any atom is 0.278 e. The number of carbonyl (C=O) groups excluding carboxylic acids is 1. The van der Waals surface area contributed by atoms with Crippen LogP contribution < -0.4 is 10.7 Å². The number of sulfonamides is 1. The van der Waals surface area contributed by atoms with Crippen molar-refractivity contribution in [2.75, 3.05) is 0 Å². The molecule has 10 heteroatoms. The number of Topliss-reactive ketones (excluding diaryl/α,β-unsaturated/α-hetero) is 1. The summed E-state index contributed by atoms with van der Waals surface area (Å²) in [7, 11) is -3.79. The van der Waals surface area contributed by atoms with Crippen LogP contribution in [0.1, 0.15) is 21.7 Å². The first-order chi connectivity index (χ1) is 14.7. The first-order valence-corrected chi connectivity index (χ1v) is 10.9. The van der Waals surface area contributed by atoms with Crippen molar-refractivity contribution in [2.24, 2.45) is 5.14 Å². The van der Waals surface area contributed by atoms with Crippen LogP contribution in [-0.2, 0) is 16.6 Å². The zero-order chi connectivity index (χ0) is 22.3. The number of aryl methyl sites for hydroxylation is 1. The number of hydrogen-bond acceptors (Lipinski definition) is 6. The maximum atomic E-state index is 13.0. The largest absolute Gasteiger partial charge is 0.318 e. The minimum atomic E-state index is -3.79. The molecule has 0 bridgehead atoms. The molecule has 9 nitrogen and oxygen atoms in total. The van der Waals surface area contributed by atoms with Crippen LogP contribution in [0.5, 0.6) is 0 Å². The van der Waals surface area contributed by atoms with Gasteiger partial charge in [0.15, 0.2) is 5.78 Å². The highest BCUT2D eigenvalue weighted by atomic mass is 32.2. The van der Waals surface area contributed by atoms with Gasteiger partial charge in [0.05, 0.1) is 10.3 Å². The number of aromatic nitrogens is 4. The van der Waals surface area contributed by atoms with E-state index in [4.69, 9.17) is 5.14 Å². The molecule has 0 aliphatic carbocycles. The van der Waals surface area contributed by atoms with Gasteiger partial charge in [-0.25, -0.2) is 18.2 Å². The maximum absolute atomic E-state index is 13.0. The summed E-state index contributed by atoms with van der Waals surface area (Å²) >= 11 is 0. The molecule has 0 spiro atoms. The number of carbonyl (C=O) groups is 1. The molecule has 0 fully saturated rings. The molecule has 0 aliphatic heterocycles. The van der Waals surface area contributed by atoms with E-state index in [0.717, 1.165) is 10.4 Å². The molecule has 2 aromatic carbocycles. The molecule has 0 aliphatic rings. The number of primary sulfonamides is 1. The van der Waals surface area contributed by atoms with E-state index in [2.05, 4.69) is 10.3 Å². The molecule has 0 radical (unpaired) electrons. The Morgan fingerprint density at radius 3 is 2.42 bits per heavy atom.